The number of nitrogens with zero attached hydrogens (tertiary/aromatic N) is 5. The highest BCUT2D eigenvalue weighted by Gasteiger charge is 2.12. The first kappa shape index (κ1) is 12.1. The zero-order valence-electron chi connectivity index (χ0n) is 9.86. The van der Waals surface area contributed by atoms with E-state index in [4.69, 9.17) is 8.94 Å². The van der Waals surface area contributed by atoms with E-state index in [0.717, 1.165) is 17.4 Å². The fourth-order valence-corrected chi connectivity index (χ4v) is 2.00. The summed E-state index contributed by atoms with van der Waals surface area (Å²) in [6.07, 6.45) is 4.26. The maximum absolute atomic E-state index is 5.18. The van der Waals surface area contributed by atoms with E-state index < -0.39 is 0 Å². The van der Waals surface area contributed by atoms with E-state index in [2.05, 4.69) is 36.4 Å². The maximum atomic E-state index is 5.18. The molecule has 19 heavy (non-hydrogen) atoms. The molecular weight excluding hydrogens is 314 g/mol. The third-order valence-corrected chi connectivity index (χ3v) is 2.84. The standard InChI is InChI=1S/C11H10BrN5O2/c12-4-3-8-6-17(16-14-8)7-10-13-11(19-15-10)9-2-1-5-18-9/h1-2,5-6H,3-4,7H2. The molecule has 0 bridgehead atoms. The summed E-state index contributed by atoms with van der Waals surface area (Å²) in [5, 5.41) is 12.8. The minimum atomic E-state index is 0.362. The molecule has 0 fully saturated rings. The van der Waals surface area contributed by atoms with Crippen molar-refractivity contribution in [3.63, 3.8) is 0 Å². The lowest BCUT2D eigenvalue weighted by molar-refractivity contribution is 0.406. The first-order valence-electron chi connectivity index (χ1n) is 5.66. The van der Waals surface area contributed by atoms with Crippen LogP contribution in [0.4, 0.5) is 0 Å². The van der Waals surface area contributed by atoms with Crippen molar-refractivity contribution < 1.29 is 8.94 Å². The predicted octanol–water partition coefficient (Wildman–Crippen LogP) is 1.91. The number of rotatable bonds is 5. The van der Waals surface area contributed by atoms with Gasteiger partial charge in [0.15, 0.2) is 11.6 Å². The molecule has 0 aromatic carbocycles. The van der Waals surface area contributed by atoms with Crippen molar-refractivity contribution in [3.05, 3.63) is 36.1 Å². The molecule has 3 heterocycles. The van der Waals surface area contributed by atoms with Crippen molar-refractivity contribution in [2.24, 2.45) is 0 Å². The minimum Gasteiger partial charge on any atom is -0.459 e. The molecule has 0 aliphatic heterocycles. The third kappa shape index (κ3) is 2.73. The average molecular weight is 324 g/mol. The quantitative estimate of drug-likeness (QED) is 0.667. The van der Waals surface area contributed by atoms with Crippen LogP contribution < -0.4 is 0 Å². The highest BCUT2D eigenvalue weighted by atomic mass is 79.9. The van der Waals surface area contributed by atoms with Crippen molar-refractivity contribution in [1.82, 2.24) is 25.1 Å². The SMILES string of the molecule is BrCCc1cn(Cc2noc(-c3ccco3)n2)nn1. The molecule has 8 heteroatoms. The maximum Gasteiger partial charge on any atom is 0.293 e. The molecule has 0 N–H and O–H groups in total. The molecule has 0 spiro atoms. The second kappa shape index (κ2) is 5.35. The van der Waals surface area contributed by atoms with Crippen molar-refractivity contribution in [2.45, 2.75) is 13.0 Å². The summed E-state index contributed by atoms with van der Waals surface area (Å²) in [5.41, 5.74) is 0.923. The van der Waals surface area contributed by atoms with Crippen LogP contribution in [0.3, 0.4) is 0 Å². The highest BCUT2D eigenvalue weighted by Crippen LogP contribution is 2.17. The molecule has 0 unspecified atom stereocenters. The van der Waals surface area contributed by atoms with Crippen LogP contribution in [0.15, 0.2) is 33.5 Å². The molecule has 3 rings (SSSR count). The van der Waals surface area contributed by atoms with Gasteiger partial charge in [-0.2, -0.15) is 4.98 Å². The molecule has 7 nitrogen and oxygen atoms in total. The van der Waals surface area contributed by atoms with E-state index in [-0.39, 0.29) is 0 Å². The molecule has 0 saturated carbocycles. The summed E-state index contributed by atoms with van der Waals surface area (Å²) >= 11 is 3.36. The number of hydrogen-bond acceptors (Lipinski definition) is 6. The summed E-state index contributed by atoms with van der Waals surface area (Å²) in [7, 11) is 0. The van der Waals surface area contributed by atoms with Gasteiger partial charge in [0.2, 0.25) is 0 Å². The van der Waals surface area contributed by atoms with E-state index in [9.17, 15) is 0 Å². The fourth-order valence-electron chi connectivity index (χ4n) is 1.59. The number of furan rings is 1. The third-order valence-electron chi connectivity index (χ3n) is 2.44. The Kier molecular flexibility index (Phi) is 3.41. The molecule has 0 radical (unpaired) electrons. The molecular formula is C11H10BrN5O2. The van der Waals surface area contributed by atoms with Crippen LogP contribution in [-0.2, 0) is 13.0 Å². The molecule has 0 atom stereocenters. The van der Waals surface area contributed by atoms with Crippen LogP contribution in [0, 0.1) is 0 Å². The summed E-state index contributed by atoms with van der Waals surface area (Å²) in [4.78, 5) is 4.23. The zero-order valence-corrected chi connectivity index (χ0v) is 11.4. The Balaban J connectivity index is 1.72. The van der Waals surface area contributed by atoms with E-state index in [1.54, 1.807) is 23.1 Å². The van der Waals surface area contributed by atoms with Crippen molar-refractivity contribution >= 4 is 15.9 Å². The van der Waals surface area contributed by atoms with E-state index in [1.807, 2.05) is 6.20 Å². The van der Waals surface area contributed by atoms with Gasteiger partial charge in [-0.1, -0.05) is 26.3 Å². The molecule has 0 amide bonds. The first-order valence-corrected chi connectivity index (χ1v) is 6.79. The van der Waals surface area contributed by atoms with Gasteiger partial charge in [-0.05, 0) is 12.1 Å². The summed E-state index contributed by atoms with van der Waals surface area (Å²) < 4.78 is 12.0. The smallest absolute Gasteiger partial charge is 0.293 e. The molecule has 0 aliphatic carbocycles. The van der Waals surface area contributed by atoms with Gasteiger partial charge >= 0.3 is 0 Å². The summed E-state index contributed by atoms with van der Waals surface area (Å²) in [6.45, 7) is 0.416. The number of aromatic nitrogens is 5. The molecule has 98 valence electrons. The van der Waals surface area contributed by atoms with Gasteiger partial charge in [-0.25, -0.2) is 4.68 Å². The molecule has 0 saturated heterocycles. The Bertz CT molecular complexity index is 646. The van der Waals surface area contributed by atoms with Gasteiger partial charge in [0.1, 0.15) is 6.54 Å². The topological polar surface area (TPSA) is 82.8 Å². The van der Waals surface area contributed by atoms with Crippen LogP contribution in [-0.4, -0.2) is 30.5 Å². The number of aryl methyl sites for hydroxylation is 1. The fraction of sp³-hybridized carbons (Fsp3) is 0.273. The Labute approximate surface area is 116 Å². The largest absolute Gasteiger partial charge is 0.459 e. The van der Waals surface area contributed by atoms with Crippen LogP contribution >= 0.6 is 15.9 Å². The first-order chi connectivity index (χ1) is 9.35. The molecule has 3 aromatic rings. The van der Waals surface area contributed by atoms with Crippen LogP contribution in [0.1, 0.15) is 11.5 Å². The van der Waals surface area contributed by atoms with Gasteiger partial charge in [0.25, 0.3) is 5.89 Å². The number of hydrogen-bond donors (Lipinski definition) is 0. The van der Waals surface area contributed by atoms with Crippen molar-refractivity contribution in [1.29, 1.82) is 0 Å². The summed E-state index contributed by atoms with van der Waals surface area (Å²) in [5.74, 6) is 1.44. The van der Waals surface area contributed by atoms with E-state index in [1.165, 1.54) is 0 Å². The van der Waals surface area contributed by atoms with Crippen LogP contribution in [0.2, 0.25) is 0 Å². The Morgan fingerprint density at radius 2 is 2.32 bits per heavy atom. The highest BCUT2D eigenvalue weighted by molar-refractivity contribution is 9.09. The lowest BCUT2D eigenvalue weighted by Crippen LogP contribution is -2.02. The normalized spacial score (nSPS) is 11.0. The monoisotopic (exact) mass is 323 g/mol. The Hall–Kier alpha value is -1.96. The van der Waals surface area contributed by atoms with Gasteiger partial charge < -0.3 is 8.94 Å². The number of halogens is 1. The molecule has 0 aliphatic rings. The summed E-state index contributed by atoms with van der Waals surface area (Å²) in [6, 6.07) is 3.53. The second-order valence-corrected chi connectivity index (χ2v) is 4.63. The van der Waals surface area contributed by atoms with Gasteiger partial charge in [-0.15, -0.1) is 5.10 Å². The van der Waals surface area contributed by atoms with Crippen LogP contribution in [0.25, 0.3) is 11.7 Å². The van der Waals surface area contributed by atoms with Crippen LogP contribution in [0.5, 0.6) is 0 Å². The van der Waals surface area contributed by atoms with Gasteiger partial charge in [0, 0.05) is 17.9 Å². The zero-order chi connectivity index (χ0) is 13.1. The predicted molar refractivity (Wildman–Crippen MR) is 68.6 cm³/mol. The van der Waals surface area contributed by atoms with E-state index in [0.29, 0.717) is 24.0 Å². The lowest BCUT2D eigenvalue weighted by Gasteiger charge is -1.92. The number of alkyl halides is 1. The molecule has 3 aromatic heterocycles. The minimum absolute atomic E-state index is 0.362. The van der Waals surface area contributed by atoms with Crippen molar-refractivity contribution in [2.75, 3.05) is 5.33 Å². The van der Waals surface area contributed by atoms with Gasteiger partial charge in [-0.3, -0.25) is 0 Å². The van der Waals surface area contributed by atoms with E-state index >= 15 is 0 Å². The Morgan fingerprint density at radius 3 is 3.11 bits per heavy atom. The van der Waals surface area contributed by atoms with Crippen molar-refractivity contribution in [3.8, 4) is 11.7 Å². The Morgan fingerprint density at radius 1 is 1.37 bits per heavy atom. The van der Waals surface area contributed by atoms with Gasteiger partial charge in [0.05, 0.1) is 12.0 Å². The average Bonchev–Trinajstić information content (AvgIpc) is 3.10. The lowest BCUT2D eigenvalue weighted by atomic mass is 10.4. The second-order valence-electron chi connectivity index (χ2n) is 3.84.